The van der Waals surface area contributed by atoms with Gasteiger partial charge in [0.25, 0.3) is 0 Å². The first kappa shape index (κ1) is 9.51. The predicted octanol–water partition coefficient (Wildman–Crippen LogP) is 4.18. The van der Waals surface area contributed by atoms with Gasteiger partial charge in [-0.2, -0.15) is 0 Å². The second-order valence-electron chi connectivity index (χ2n) is 4.00. The molecule has 0 fully saturated rings. The minimum Gasteiger partial charge on any atom is -0.0839 e. The molecule has 0 spiro atoms. The van der Waals surface area contributed by atoms with Crippen LogP contribution in [0.25, 0.3) is 0 Å². The van der Waals surface area contributed by atoms with Crippen molar-refractivity contribution in [2.75, 3.05) is 0 Å². The second-order valence-corrected chi connectivity index (χ2v) is 4.00. The van der Waals surface area contributed by atoms with E-state index >= 15 is 0 Å². The van der Waals surface area contributed by atoms with Crippen LogP contribution in [-0.4, -0.2) is 0 Å². The van der Waals surface area contributed by atoms with Crippen molar-refractivity contribution in [2.24, 2.45) is 5.92 Å². The van der Waals surface area contributed by atoms with E-state index in [9.17, 15) is 0 Å². The molecule has 0 radical (unpaired) electrons. The van der Waals surface area contributed by atoms with Crippen LogP contribution in [0.2, 0.25) is 0 Å². The van der Waals surface area contributed by atoms with Crippen LogP contribution in [0.15, 0.2) is 47.6 Å². The molecule has 0 heteroatoms. The van der Waals surface area contributed by atoms with Crippen molar-refractivity contribution in [3.05, 3.63) is 47.6 Å². The molecule has 0 aromatic carbocycles. The van der Waals surface area contributed by atoms with E-state index in [1.807, 2.05) is 0 Å². The van der Waals surface area contributed by atoms with Gasteiger partial charge in [-0.25, -0.2) is 0 Å². The van der Waals surface area contributed by atoms with E-state index in [2.05, 4.69) is 43.4 Å². The fraction of sp³-hybridized carbons (Fsp3) is 0.429. The topological polar surface area (TPSA) is 0 Å². The highest BCUT2D eigenvalue weighted by atomic mass is 14.2. The fourth-order valence-electron chi connectivity index (χ4n) is 2.28. The Bertz CT molecular complexity index is 313. The molecule has 0 N–H and O–H groups in total. The van der Waals surface area contributed by atoms with Gasteiger partial charge in [-0.3, -0.25) is 0 Å². The molecule has 0 bridgehead atoms. The third-order valence-corrected chi connectivity index (χ3v) is 3.10. The SMILES string of the molecule is CCC1=CC=CCC1C1=CCCC=C1. The lowest BCUT2D eigenvalue weighted by Crippen LogP contribution is -2.08. The molecule has 1 unspecified atom stereocenters. The largest absolute Gasteiger partial charge is 0.0839 e. The van der Waals surface area contributed by atoms with Crippen molar-refractivity contribution >= 4 is 0 Å². The summed E-state index contributed by atoms with van der Waals surface area (Å²) >= 11 is 0. The van der Waals surface area contributed by atoms with Gasteiger partial charge < -0.3 is 0 Å². The Balaban J connectivity index is 2.18. The molecule has 0 nitrogen and oxygen atoms in total. The molecule has 14 heavy (non-hydrogen) atoms. The van der Waals surface area contributed by atoms with E-state index in [0.29, 0.717) is 5.92 Å². The third kappa shape index (κ3) is 1.89. The molecule has 74 valence electrons. The van der Waals surface area contributed by atoms with Crippen LogP contribution in [0.1, 0.15) is 32.6 Å². The fourth-order valence-corrected chi connectivity index (χ4v) is 2.28. The molecule has 2 rings (SSSR count). The van der Waals surface area contributed by atoms with Crippen molar-refractivity contribution in [2.45, 2.75) is 32.6 Å². The van der Waals surface area contributed by atoms with E-state index in [-0.39, 0.29) is 0 Å². The standard InChI is InChI=1S/C14H18/c1-2-12-8-6-7-11-14(12)13-9-4-3-5-10-13/h4,6-10,14H,2-3,5,11H2,1H3. The highest BCUT2D eigenvalue weighted by Gasteiger charge is 2.17. The minimum atomic E-state index is 0.668. The molecule has 2 aliphatic carbocycles. The lowest BCUT2D eigenvalue weighted by molar-refractivity contribution is 0.693. The van der Waals surface area contributed by atoms with Crippen LogP contribution in [0.3, 0.4) is 0 Å². The Kier molecular flexibility index (Phi) is 3.03. The summed E-state index contributed by atoms with van der Waals surface area (Å²) in [5, 5.41) is 0. The average Bonchev–Trinajstić information content (AvgIpc) is 2.30. The summed E-state index contributed by atoms with van der Waals surface area (Å²) in [6.45, 7) is 2.26. The van der Waals surface area contributed by atoms with Gasteiger partial charge in [0.15, 0.2) is 0 Å². The third-order valence-electron chi connectivity index (χ3n) is 3.10. The lowest BCUT2D eigenvalue weighted by atomic mass is 9.82. The van der Waals surface area contributed by atoms with Crippen LogP contribution >= 0.6 is 0 Å². The van der Waals surface area contributed by atoms with E-state index in [0.717, 1.165) is 0 Å². The van der Waals surface area contributed by atoms with Crippen LogP contribution in [-0.2, 0) is 0 Å². The second kappa shape index (κ2) is 4.45. The molecule has 0 saturated carbocycles. The molecule has 0 saturated heterocycles. The smallest absolute Gasteiger partial charge is 0.00825 e. The summed E-state index contributed by atoms with van der Waals surface area (Å²) in [5.74, 6) is 0.668. The number of rotatable bonds is 2. The molecular formula is C14H18. The van der Waals surface area contributed by atoms with Crippen LogP contribution in [0.5, 0.6) is 0 Å². The van der Waals surface area contributed by atoms with Gasteiger partial charge in [0.1, 0.15) is 0 Å². The summed E-state index contributed by atoms with van der Waals surface area (Å²) in [4.78, 5) is 0. The van der Waals surface area contributed by atoms with Crippen LogP contribution in [0.4, 0.5) is 0 Å². The summed E-state index contributed by atoms with van der Waals surface area (Å²) in [5.41, 5.74) is 3.12. The Hall–Kier alpha value is -1.04. The van der Waals surface area contributed by atoms with Crippen molar-refractivity contribution in [3.63, 3.8) is 0 Å². The van der Waals surface area contributed by atoms with Gasteiger partial charge in [-0.05, 0) is 31.3 Å². The molecule has 0 aliphatic heterocycles. The van der Waals surface area contributed by atoms with E-state index in [1.165, 1.54) is 31.3 Å². The first-order valence-corrected chi connectivity index (χ1v) is 5.64. The van der Waals surface area contributed by atoms with Crippen molar-refractivity contribution in [1.82, 2.24) is 0 Å². The normalized spacial score (nSPS) is 25.9. The van der Waals surface area contributed by atoms with E-state index in [4.69, 9.17) is 0 Å². The quantitative estimate of drug-likeness (QED) is 0.607. The molecular weight excluding hydrogens is 168 g/mol. The van der Waals surface area contributed by atoms with E-state index < -0.39 is 0 Å². The van der Waals surface area contributed by atoms with Crippen molar-refractivity contribution in [1.29, 1.82) is 0 Å². The minimum absolute atomic E-state index is 0.668. The van der Waals surface area contributed by atoms with Gasteiger partial charge in [0.2, 0.25) is 0 Å². The molecule has 1 atom stereocenters. The van der Waals surface area contributed by atoms with Gasteiger partial charge in [-0.1, -0.05) is 49.0 Å². The zero-order valence-corrected chi connectivity index (χ0v) is 8.87. The zero-order chi connectivity index (χ0) is 9.80. The number of hydrogen-bond acceptors (Lipinski definition) is 0. The maximum absolute atomic E-state index is 2.41. The molecule has 2 aliphatic rings. The first-order chi connectivity index (χ1) is 6.92. The number of hydrogen-bond donors (Lipinski definition) is 0. The zero-order valence-electron chi connectivity index (χ0n) is 8.87. The van der Waals surface area contributed by atoms with E-state index in [1.54, 1.807) is 5.57 Å². The monoisotopic (exact) mass is 186 g/mol. The summed E-state index contributed by atoms with van der Waals surface area (Å²) < 4.78 is 0. The van der Waals surface area contributed by atoms with Crippen LogP contribution < -0.4 is 0 Å². The summed E-state index contributed by atoms with van der Waals surface area (Å²) in [6.07, 6.45) is 18.6. The van der Waals surface area contributed by atoms with Gasteiger partial charge in [0, 0.05) is 5.92 Å². The highest BCUT2D eigenvalue weighted by molar-refractivity contribution is 5.36. The summed E-state index contributed by atoms with van der Waals surface area (Å²) in [7, 11) is 0. The van der Waals surface area contributed by atoms with Crippen LogP contribution in [0, 0.1) is 5.92 Å². The molecule has 0 aromatic heterocycles. The molecule has 0 aromatic rings. The Morgan fingerprint density at radius 1 is 1.29 bits per heavy atom. The molecule has 0 amide bonds. The number of allylic oxidation sites excluding steroid dienone is 8. The van der Waals surface area contributed by atoms with Gasteiger partial charge in [0.05, 0.1) is 0 Å². The molecule has 0 heterocycles. The average molecular weight is 186 g/mol. The highest BCUT2D eigenvalue weighted by Crippen LogP contribution is 2.32. The summed E-state index contributed by atoms with van der Waals surface area (Å²) in [6, 6.07) is 0. The van der Waals surface area contributed by atoms with Gasteiger partial charge >= 0.3 is 0 Å². The lowest BCUT2D eigenvalue weighted by Gasteiger charge is -2.23. The Morgan fingerprint density at radius 2 is 2.21 bits per heavy atom. The van der Waals surface area contributed by atoms with Crippen molar-refractivity contribution in [3.8, 4) is 0 Å². The van der Waals surface area contributed by atoms with Crippen molar-refractivity contribution < 1.29 is 0 Å². The maximum atomic E-state index is 2.41. The maximum Gasteiger partial charge on any atom is 0.00825 e. The Morgan fingerprint density at radius 3 is 2.93 bits per heavy atom. The van der Waals surface area contributed by atoms with Gasteiger partial charge in [-0.15, -0.1) is 0 Å². The first-order valence-electron chi connectivity index (χ1n) is 5.64. The predicted molar refractivity (Wildman–Crippen MR) is 62.1 cm³/mol. The Labute approximate surface area is 86.7 Å².